The van der Waals surface area contributed by atoms with E-state index < -0.39 is 0 Å². The van der Waals surface area contributed by atoms with Gasteiger partial charge in [-0.2, -0.15) is 5.10 Å². The largest absolute Gasteiger partial charge is 0.298 e. The fraction of sp³-hybridized carbons (Fsp3) is 0. The molecule has 15 heavy (non-hydrogen) atoms. The SMILES string of the molecule is O=Cc1c(-c2cccc(Cl)c2)n[nH]c1Cl. The number of aldehydes is 1. The number of aromatic nitrogens is 2. The Kier molecular flexibility index (Phi) is 2.75. The van der Waals surface area contributed by atoms with Gasteiger partial charge in [-0.1, -0.05) is 35.3 Å². The van der Waals surface area contributed by atoms with E-state index in [2.05, 4.69) is 10.2 Å². The summed E-state index contributed by atoms with van der Waals surface area (Å²) in [6.07, 6.45) is 0.669. The molecule has 5 heteroatoms. The lowest BCUT2D eigenvalue weighted by Crippen LogP contribution is -1.84. The molecule has 1 N–H and O–H groups in total. The number of benzene rings is 1. The highest BCUT2D eigenvalue weighted by Crippen LogP contribution is 2.26. The molecule has 2 aromatic rings. The van der Waals surface area contributed by atoms with Crippen LogP contribution in [-0.2, 0) is 0 Å². The standard InChI is InChI=1S/C10H6Cl2N2O/c11-7-3-1-2-6(4-7)9-8(5-15)10(12)14-13-9/h1-5H,(H,13,14). The molecule has 3 nitrogen and oxygen atoms in total. The van der Waals surface area contributed by atoms with E-state index in [-0.39, 0.29) is 5.15 Å². The highest BCUT2D eigenvalue weighted by atomic mass is 35.5. The Balaban J connectivity index is 2.58. The molecule has 0 unspecified atom stereocenters. The van der Waals surface area contributed by atoms with Gasteiger partial charge in [0.05, 0.1) is 5.56 Å². The summed E-state index contributed by atoms with van der Waals surface area (Å²) in [5.74, 6) is 0. The number of H-pyrrole nitrogens is 1. The number of hydrogen-bond donors (Lipinski definition) is 1. The van der Waals surface area contributed by atoms with Crippen molar-refractivity contribution in [1.82, 2.24) is 10.2 Å². The maximum absolute atomic E-state index is 10.8. The minimum Gasteiger partial charge on any atom is -0.298 e. The highest BCUT2D eigenvalue weighted by molar-refractivity contribution is 6.32. The van der Waals surface area contributed by atoms with Gasteiger partial charge in [0, 0.05) is 10.6 Å². The number of nitrogens with one attached hydrogen (secondary N) is 1. The molecular weight excluding hydrogens is 235 g/mol. The number of halogens is 2. The fourth-order valence-corrected chi connectivity index (χ4v) is 1.66. The molecule has 0 aliphatic heterocycles. The number of carbonyl (C=O) groups excluding carboxylic acids is 1. The first-order chi connectivity index (χ1) is 7.22. The Morgan fingerprint density at radius 1 is 1.33 bits per heavy atom. The van der Waals surface area contributed by atoms with Gasteiger partial charge in [0.15, 0.2) is 6.29 Å². The molecule has 0 spiro atoms. The van der Waals surface area contributed by atoms with Crippen molar-refractivity contribution < 1.29 is 4.79 Å². The number of rotatable bonds is 2. The molecule has 0 atom stereocenters. The second-order valence-electron chi connectivity index (χ2n) is 2.93. The molecule has 0 amide bonds. The van der Waals surface area contributed by atoms with Gasteiger partial charge >= 0.3 is 0 Å². The van der Waals surface area contributed by atoms with Crippen LogP contribution in [0.3, 0.4) is 0 Å². The lowest BCUT2D eigenvalue weighted by Gasteiger charge is -1.97. The van der Waals surface area contributed by atoms with Crippen molar-refractivity contribution in [1.29, 1.82) is 0 Å². The summed E-state index contributed by atoms with van der Waals surface area (Å²) in [5, 5.41) is 7.32. The number of hydrogen-bond acceptors (Lipinski definition) is 2. The van der Waals surface area contributed by atoms with Gasteiger partial charge in [-0.3, -0.25) is 9.89 Å². The molecular formula is C10H6Cl2N2O. The van der Waals surface area contributed by atoms with Crippen LogP contribution in [0.25, 0.3) is 11.3 Å². The zero-order valence-corrected chi connectivity index (χ0v) is 9.01. The monoisotopic (exact) mass is 240 g/mol. The van der Waals surface area contributed by atoms with E-state index in [0.717, 1.165) is 5.56 Å². The quantitative estimate of drug-likeness (QED) is 0.820. The highest BCUT2D eigenvalue weighted by Gasteiger charge is 2.12. The molecule has 1 aromatic carbocycles. The van der Waals surface area contributed by atoms with Crippen LogP contribution in [-0.4, -0.2) is 16.5 Å². The zero-order chi connectivity index (χ0) is 10.8. The van der Waals surface area contributed by atoms with Crippen molar-refractivity contribution in [2.45, 2.75) is 0 Å². The third kappa shape index (κ3) is 1.89. The Bertz CT molecular complexity index is 508. The summed E-state index contributed by atoms with van der Waals surface area (Å²) in [6, 6.07) is 7.07. The first kappa shape index (κ1) is 10.2. The average Bonchev–Trinajstić information content (AvgIpc) is 2.59. The normalized spacial score (nSPS) is 10.3. The zero-order valence-electron chi connectivity index (χ0n) is 7.50. The van der Waals surface area contributed by atoms with Crippen LogP contribution < -0.4 is 0 Å². The van der Waals surface area contributed by atoms with Crippen molar-refractivity contribution in [3.05, 3.63) is 40.0 Å². The van der Waals surface area contributed by atoms with Crippen LogP contribution >= 0.6 is 23.2 Å². The topological polar surface area (TPSA) is 45.8 Å². The van der Waals surface area contributed by atoms with E-state index in [9.17, 15) is 4.79 Å². The van der Waals surface area contributed by atoms with Gasteiger partial charge in [-0.05, 0) is 12.1 Å². The second-order valence-corrected chi connectivity index (χ2v) is 3.74. The van der Waals surface area contributed by atoms with E-state index in [1.54, 1.807) is 18.2 Å². The molecule has 0 saturated carbocycles. The van der Waals surface area contributed by atoms with Crippen molar-refractivity contribution in [2.75, 3.05) is 0 Å². The van der Waals surface area contributed by atoms with E-state index >= 15 is 0 Å². The van der Waals surface area contributed by atoms with E-state index in [1.165, 1.54) is 0 Å². The van der Waals surface area contributed by atoms with Crippen LogP contribution in [0.5, 0.6) is 0 Å². The molecule has 0 aliphatic rings. The van der Waals surface area contributed by atoms with Crippen LogP contribution in [0.4, 0.5) is 0 Å². The summed E-state index contributed by atoms with van der Waals surface area (Å²) in [4.78, 5) is 10.8. The number of nitrogens with zero attached hydrogens (tertiary/aromatic N) is 1. The number of carbonyl (C=O) groups is 1. The molecule has 2 rings (SSSR count). The first-order valence-electron chi connectivity index (χ1n) is 4.17. The molecule has 76 valence electrons. The van der Waals surface area contributed by atoms with Gasteiger partial charge in [0.2, 0.25) is 0 Å². The molecule has 0 radical (unpaired) electrons. The minimum atomic E-state index is 0.236. The molecule has 0 fully saturated rings. The van der Waals surface area contributed by atoms with Gasteiger partial charge in [0.25, 0.3) is 0 Å². The first-order valence-corrected chi connectivity index (χ1v) is 4.93. The van der Waals surface area contributed by atoms with Gasteiger partial charge in [0.1, 0.15) is 10.8 Å². The third-order valence-electron chi connectivity index (χ3n) is 1.97. The van der Waals surface area contributed by atoms with Crippen LogP contribution in [0.15, 0.2) is 24.3 Å². The molecule has 0 bridgehead atoms. The van der Waals surface area contributed by atoms with Crippen molar-refractivity contribution in [3.63, 3.8) is 0 Å². The summed E-state index contributed by atoms with van der Waals surface area (Å²) in [5.41, 5.74) is 1.61. The van der Waals surface area contributed by atoms with Crippen LogP contribution in [0.1, 0.15) is 10.4 Å². The third-order valence-corrected chi connectivity index (χ3v) is 2.50. The smallest absolute Gasteiger partial charge is 0.155 e. The lowest BCUT2D eigenvalue weighted by molar-refractivity contribution is 0.112. The predicted octanol–water partition coefficient (Wildman–Crippen LogP) is 3.20. The van der Waals surface area contributed by atoms with E-state index in [0.29, 0.717) is 22.6 Å². The minimum absolute atomic E-state index is 0.236. The van der Waals surface area contributed by atoms with Crippen molar-refractivity contribution >= 4 is 29.5 Å². The molecule has 0 saturated heterocycles. The summed E-state index contributed by atoms with van der Waals surface area (Å²) in [7, 11) is 0. The maximum Gasteiger partial charge on any atom is 0.155 e. The van der Waals surface area contributed by atoms with Crippen molar-refractivity contribution in [3.8, 4) is 11.3 Å². The van der Waals surface area contributed by atoms with Crippen molar-refractivity contribution in [2.24, 2.45) is 0 Å². The molecule has 1 heterocycles. The number of aromatic amines is 1. The summed E-state index contributed by atoms with van der Waals surface area (Å²) >= 11 is 11.6. The fourth-order valence-electron chi connectivity index (χ4n) is 1.29. The van der Waals surface area contributed by atoms with Crippen LogP contribution in [0, 0.1) is 0 Å². The summed E-state index contributed by atoms with van der Waals surface area (Å²) in [6.45, 7) is 0. The van der Waals surface area contributed by atoms with E-state index in [4.69, 9.17) is 23.2 Å². The van der Waals surface area contributed by atoms with Gasteiger partial charge in [-0.25, -0.2) is 0 Å². The Hall–Kier alpha value is -1.32. The Morgan fingerprint density at radius 3 is 2.80 bits per heavy atom. The van der Waals surface area contributed by atoms with E-state index in [1.807, 2.05) is 6.07 Å². The Labute approximate surface area is 96.0 Å². The maximum atomic E-state index is 10.8. The summed E-state index contributed by atoms with van der Waals surface area (Å²) < 4.78 is 0. The Morgan fingerprint density at radius 2 is 2.13 bits per heavy atom. The molecule has 0 aliphatic carbocycles. The van der Waals surface area contributed by atoms with Crippen LogP contribution in [0.2, 0.25) is 10.2 Å². The average molecular weight is 241 g/mol. The van der Waals surface area contributed by atoms with Gasteiger partial charge < -0.3 is 0 Å². The lowest BCUT2D eigenvalue weighted by atomic mass is 10.1. The molecule has 1 aromatic heterocycles. The van der Waals surface area contributed by atoms with Gasteiger partial charge in [-0.15, -0.1) is 0 Å². The second kappa shape index (κ2) is 4.04. The predicted molar refractivity (Wildman–Crippen MR) is 59.4 cm³/mol.